The molecule has 0 aromatic heterocycles. The Balaban J connectivity index is 2.22. The minimum atomic E-state index is -0.870. The highest BCUT2D eigenvalue weighted by Gasteiger charge is 2.13. The fourth-order valence-corrected chi connectivity index (χ4v) is 2.47. The maximum atomic E-state index is 13.1. The third kappa shape index (κ3) is 3.53. The van der Waals surface area contributed by atoms with Gasteiger partial charge in [0.25, 0.3) is 0 Å². The lowest BCUT2D eigenvalue weighted by molar-refractivity contribution is 0.506. The van der Waals surface area contributed by atoms with E-state index in [1.54, 1.807) is 6.07 Å². The Morgan fingerprint density at radius 1 is 1.11 bits per heavy atom. The Morgan fingerprint density at radius 3 is 2.53 bits per heavy atom. The van der Waals surface area contributed by atoms with Crippen LogP contribution in [0.4, 0.5) is 8.78 Å². The predicted octanol–water partition coefficient (Wildman–Crippen LogP) is 4.62. The number of nitrogens with two attached hydrogens (primary N) is 1. The molecule has 2 N–H and O–H groups in total. The van der Waals surface area contributed by atoms with Gasteiger partial charge in [0.05, 0.1) is 0 Å². The van der Waals surface area contributed by atoms with Gasteiger partial charge in [0, 0.05) is 15.5 Å². The zero-order valence-corrected chi connectivity index (χ0v) is 12.2. The van der Waals surface area contributed by atoms with E-state index in [-0.39, 0.29) is 6.04 Å². The number of halogens is 4. The van der Waals surface area contributed by atoms with Crippen molar-refractivity contribution in [2.75, 3.05) is 0 Å². The molecule has 0 fully saturated rings. The van der Waals surface area contributed by atoms with Crippen molar-refractivity contribution in [2.45, 2.75) is 12.5 Å². The third-order valence-corrected chi connectivity index (χ3v) is 3.63. The second kappa shape index (κ2) is 5.99. The minimum Gasteiger partial charge on any atom is -0.324 e. The summed E-state index contributed by atoms with van der Waals surface area (Å²) < 4.78 is 26.8. The summed E-state index contributed by atoms with van der Waals surface area (Å²) in [6.45, 7) is 0. The molecule has 0 bridgehead atoms. The molecule has 0 radical (unpaired) electrons. The number of rotatable bonds is 3. The highest BCUT2D eigenvalue weighted by atomic mass is 79.9. The van der Waals surface area contributed by atoms with E-state index in [2.05, 4.69) is 15.9 Å². The Kier molecular flexibility index (Phi) is 4.55. The number of hydrogen-bond donors (Lipinski definition) is 1. The Morgan fingerprint density at radius 2 is 1.84 bits per heavy atom. The largest absolute Gasteiger partial charge is 0.324 e. The Labute approximate surface area is 123 Å². The average Bonchev–Trinajstić information content (AvgIpc) is 2.36. The molecule has 0 aliphatic carbocycles. The van der Waals surface area contributed by atoms with Gasteiger partial charge >= 0.3 is 0 Å². The van der Waals surface area contributed by atoms with Gasteiger partial charge in [0.1, 0.15) is 0 Å². The molecule has 2 aromatic carbocycles. The summed E-state index contributed by atoms with van der Waals surface area (Å²) in [5.74, 6) is -1.73. The molecule has 0 aliphatic rings. The standard InChI is InChI=1S/C14H11BrClF2N/c15-9-2-3-11(16)10(7-9)14(19)6-8-1-4-12(17)13(18)5-8/h1-5,7,14H,6,19H2. The molecule has 1 atom stereocenters. The van der Waals surface area contributed by atoms with Gasteiger partial charge in [-0.2, -0.15) is 0 Å². The van der Waals surface area contributed by atoms with Crippen LogP contribution in [0.1, 0.15) is 17.2 Å². The SMILES string of the molecule is NC(Cc1ccc(F)c(F)c1)c1cc(Br)ccc1Cl. The lowest BCUT2D eigenvalue weighted by atomic mass is 9.99. The van der Waals surface area contributed by atoms with Gasteiger partial charge in [-0.1, -0.05) is 33.6 Å². The summed E-state index contributed by atoms with van der Waals surface area (Å²) in [5, 5.41) is 0.554. The van der Waals surface area contributed by atoms with Gasteiger partial charge in [-0.05, 0) is 47.9 Å². The van der Waals surface area contributed by atoms with E-state index in [9.17, 15) is 8.78 Å². The lowest BCUT2D eigenvalue weighted by Gasteiger charge is -2.14. The second-order valence-corrected chi connectivity index (χ2v) is 5.55. The normalized spacial score (nSPS) is 12.5. The maximum Gasteiger partial charge on any atom is 0.159 e. The van der Waals surface area contributed by atoms with Crippen LogP contribution < -0.4 is 5.73 Å². The van der Waals surface area contributed by atoms with Crippen molar-refractivity contribution in [1.29, 1.82) is 0 Å². The number of hydrogen-bond acceptors (Lipinski definition) is 1. The molecule has 0 aliphatic heterocycles. The lowest BCUT2D eigenvalue weighted by Crippen LogP contribution is -2.14. The first-order chi connectivity index (χ1) is 8.97. The van der Waals surface area contributed by atoms with Gasteiger partial charge in [-0.3, -0.25) is 0 Å². The highest BCUT2D eigenvalue weighted by molar-refractivity contribution is 9.10. The van der Waals surface area contributed by atoms with E-state index >= 15 is 0 Å². The van der Waals surface area contributed by atoms with E-state index in [0.29, 0.717) is 17.0 Å². The molecule has 0 spiro atoms. The number of benzene rings is 2. The molecule has 5 heteroatoms. The zero-order chi connectivity index (χ0) is 14.0. The summed E-state index contributed by atoms with van der Waals surface area (Å²) in [6, 6.07) is 8.77. The van der Waals surface area contributed by atoms with Crippen LogP contribution in [0.5, 0.6) is 0 Å². The summed E-state index contributed by atoms with van der Waals surface area (Å²) in [7, 11) is 0. The van der Waals surface area contributed by atoms with Crippen LogP contribution in [0.3, 0.4) is 0 Å². The second-order valence-electron chi connectivity index (χ2n) is 4.22. The molecule has 0 heterocycles. The monoisotopic (exact) mass is 345 g/mol. The van der Waals surface area contributed by atoms with Crippen molar-refractivity contribution in [3.05, 3.63) is 68.7 Å². The average molecular weight is 347 g/mol. The van der Waals surface area contributed by atoms with Crippen molar-refractivity contribution in [2.24, 2.45) is 5.73 Å². The third-order valence-electron chi connectivity index (χ3n) is 2.80. The Hall–Kier alpha value is -0.970. The van der Waals surface area contributed by atoms with E-state index in [4.69, 9.17) is 17.3 Å². The van der Waals surface area contributed by atoms with Gasteiger partial charge in [0.15, 0.2) is 11.6 Å². The molecule has 2 rings (SSSR count). The van der Waals surface area contributed by atoms with Crippen LogP contribution in [0, 0.1) is 11.6 Å². The fraction of sp³-hybridized carbons (Fsp3) is 0.143. The molecule has 0 amide bonds. The zero-order valence-electron chi connectivity index (χ0n) is 9.84. The molecule has 0 saturated carbocycles. The molecule has 100 valence electrons. The molecular weight excluding hydrogens is 336 g/mol. The van der Waals surface area contributed by atoms with Gasteiger partial charge in [-0.25, -0.2) is 8.78 Å². The van der Waals surface area contributed by atoms with E-state index in [0.717, 1.165) is 22.2 Å². The molecule has 0 saturated heterocycles. The fourth-order valence-electron chi connectivity index (χ4n) is 1.83. The van der Waals surface area contributed by atoms with Crippen LogP contribution in [-0.2, 0) is 6.42 Å². The topological polar surface area (TPSA) is 26.0 Å². The highest BCUT2D eigenvalue weighted by Crippen LogP contribution is 2.27. The smallest absolute Gasteiger partial charge is 0.159 e. The molecule has 19 heavy (non-hydrogen) atoms. The van der Waals surface area contributed by atoms with Crippen molar-refractivity contribution in [1.82, 2.24) is 0 Å². The van der Waals surface area contributed by atoms with Crippen LogP contribution in [0.25, 0.3) is 0 Å². The van der Waals surface area contributed by atoms with Crippen molar-refractivity contribution in [3.8, 4) is 0 Å². The van der Waals surface area contributed by atoms with Crippen molar-refractivity contribution in [3.63, 3.8) is 0 Å². The molecule has 1 unspecified atom stereocenters. The minimum absolute atomic E-state index is 0.380. The summed E-state index contributed by atoms with van der Waals surface area (Å²) in [4.78, 5) is 0. The summed E-state index contributed by atoms with van der Waals surface area (Å²) >= 11 is 9.43. The van der Waals surface area contributed by atoms with Gasteiger partial charge < -0.3 is 5.73 Å². The van der Waals surface area contributed by atoms with Crippen LogP contribution in [-0.4, -0.2) is 0 Å². The summed E-state index contributed by atoms with van der Waals surface area (Å²) in [6.07, 6.45) is 0.382. The van der Waals surface area contributed by atoms with Crippen LogP contribution in [0.15, 0.2) is 40.9 Å². The Bertz CT molecular complexity index is 604. The maximum absolute atomic E-state index is 13.1. The first-order valence-corrected chi connectivity index (χ1v) is 6.79. The molecular formula is C14H11BrClF2N. The molecule has 2 aromatic rings. The summed E-state index contributed by atoms with van der Waals surface area (Å²) in [5.41, 5.74) is 7.46. The van der Waals surface area contributed by atoms with Crippen LogP contribution >= 0.6 is 27.5 Å². The van der Waals surface area contributed by atoms with Gasteiger partial charge in [0.2, 0.25) is 0 Å². The van der Waals surface area contributed by atoms with Crippen molar-refractivity contribution < 1.29 is 8.78 Å². The predicted molar refractivity (Wildman–Crippen MR) is 76.1 cm³/mol. The van der Waals surface area contributed by atoms with E-state index in [1.165, 1.54) is 6.07 Å². The van der Waals surface area contributed by atoms with E-state index < -0.39 is 11.6 Å². The molecule has 1 nitrogen and oxygen atoms in total. The van der Waals surface area contributed by atoms with Crippen molar-refractivity contribution >= 4 is 27.5 Å². The van der Waals surface area contributed by atoms with E-state index in [1.807, 2.05) is 12.1 Å². The first kappa shape index (κ1) is 14.4. The first-order valence-electron chi connectivity index (χ1n) is 5.62. The van der Waals surface area contributed by atoms with Crippen LogP contribution in [0.2, 0.25) is 5.02 Å². The quantitative estimate of drug-likeness (QED) is 0.862. The van der Waals surface area contributed by atoms with Gasteiger partial charge in [-0.15, -0.1) is 0 Å².